The third-order valence-electron chi connectivity index (χ3n) is 4.02. The van der Waals surface area contributed by atoms with Gasteiger partial charge < -0.3 is 19.5 Å². The Hall–Kier alpha value is -2.49. The number of carbonyl (C=O) groups is 2. The summed E-state index contributed by atoms with van der Waals surface area (Å²) in [6.07, 6.45) is 3.89. The van der Waals surface area contributed by atoms with Gasteiger partial charge in [-0.1, -0.05) is 0 Å². The lowest BCUT2D eigenvalue weighted by Gasteiger charge is -2.28. The van der Waals surface area contributed by atoms with Gasteiger partial charge in [0.1, 0.15) is 17.4 Å². The number of rotatable bonds is 2. The lowest BCUT2D eigenvalue weighted by Crippen LogP contribution is -2.46. The quantitative estimate of drug-likeness (QED) is 0.891. The second-order valence-corrected chi connectivity index (χ2v) is 7.43. The Morgan fingerprint density at radius 2 is 2.08 bits per heavy atom. The highest BCUT2D eigenvalue weighted by molar-refractivity contribution is 5.93. The average Bonchev–Trinajstić information content (AvgIpc) is 2.73. The minimum absolute atomic E-state index is 0.136. The molecule has 1 aliphatic rings. The Bertz CT molecular complexity index is 681. The van der Waals surface area contributed by atoms with E-state index in [1.54, 1.807) is 28.8 Å². The number of amides is 2. The van der Waals surface area contributed by atoms with Gasteiger partial charge in [0, 0.05) is 32.4 Å². The van der Waals surface area contributed by atoms with Crippen molar-refractivity contribution in [3.05, 3.63) is 23.5 Å². The first-order chi connectivity index (χ1) is 11.7. The van der Waals surface area contributed by atoms with Crippen LogP contribution in [0.25, 0.3) is 0 Å². The fourth-order valence-corrected chi connectivity index (χ4v) is 2.86. The van der Waals surface area contributed by atoms with Gasteiger partial charge in [-0.2, -0.15) is 5.26 Å². The van der Waals surface area contributed by atoms with Crippen LogP contribution in [-0.4, -0.2) is 46.2 Å². The topological polar surface area (TPSA) is 87.4 Å². The minimum atomic E-state index is -0.543. The molecular formula is C18H26N4O3. The Kier molecular flexibility index (Phi) is 5.73. The average molecular weight is 346 g/mol. The molecule has 0 aliphatic carbocycles. The zero-order chi connectivity index (χ0) is 18.6. The fourth-order valence-electron chi connectivity index (χ4n) is 2.86. The molecule has 1 atom stereocenters. The van der Waals surface area contributed by atoms with Gasteiger partial charge in [0.15, 0.2) is 0 Å². The zero-order valence-electron chi connectivity index (χ0n) is 15.3. The van der Waals surface area contributed by atoms with E-state index >= 15 is 0 Å². The van der Waals surface area contributed by atoms with E-state index in [-0.39, 0.29) is 18.0 Å². The predicted octanol–water partition coefficient (Wildman–Crippen LogP) is 2.42. The fraction of sp³-hybridized carbons (Fsp3) is 0.611. The highest BCUT2D eigenvalue weighted by atomic mass is 16.6. The standard InChI is InChI=1S/C18H26N4O3/c1-18(2,3)25-17(24)22-8-6-5-7-14(12-22)20-16(23)15-9-13(10-19)11-21(15)4/h9,11,14H,5-8,12H2,1-4H3,(H,20,23)/t14-/m0/s1. The third kappa shape index (κ3) is 5.24. The SMILES string of the molecule is Cn1cc(C#N)cc1C(=O)N[C@H]1CCCCN(C(=O)OC(C)(C)C)C1. The number of nitriles is 1. The summed E-state index contributed by atoms with van der Waals surface area (Å²) in [5.41, 5.74) is 0.340. The maximum Gasteiger partial charge on any atom is 0.410 e. The summed E-state index contributed by atoms with van der Waals surface area (Å²) in [7, 11) is 1.73. The largest absolute Gasteiger partial charge is 0.444 e. The molecule has 0 aromatic carbocycles. The summed E-state index contributed by atoms with van der Waals surface area (Å²) >= 11 is 0. The lowest BCUT2D eigenvalue weighted by molar-refractivity contribution is 0.0242. The van der Waals surface area contributed by atoms with Gasteiger partial charge in [-0.15, -0.1) is 0 Å². The smallest absolute Gasteiger partial charge is 0.410 e. The number of hydrogen-bond acceptors (Lipinski definition) is 4. The van der Waals surface area contributed by atoms with Crippen molar-refractivity contribution in [2.24, 2.45) is 7.05 Å². The van der Waals surface area contributed by atoms with Crippen molar-refractivity contribution >= 4 is 12.0 Å². The van der Waals surface area contributed by atoms with Crippen molar-refractivity contribution in [2.75, 3.05) is 13.1 Å². The van der Waals surface area contributed by atoms with Crippen molar-refractivity contribution in [2.45, 2.75) is 51.7 Å². The van der Waals surface area contributed by atoms with E-state index in [4.69, 9.17) is 10.00 Å². The summed E-state index contributed by atoms with van der Waals surface area (Å²) in [6.45, 7) is 6.57. The molecule has 7 heteroatoms. The Morgan fingerprint density at radius 1 is 1.36 bits per heavy atom. The van der Waals surface area contributed by atoms with E-state index in [1.165, 1.54) is 0 Å². The van der Waals surface area contributed by atoms with Gasteiger partial charge >= 0.3 is 6.09 Å². The summed E-state index contributed by atoms with van der Waals surface area (Å²) < 4.78 is 7.08. The Labute approximate surface area is 148 Å². The molecule has 1 aliphatic heterocycles. The van der Waals surface area contributed by atoms with Crippen molar-refractivity contribution in [3.8, 4) is 6.07 Å². The molecular weight excluding hydrogens is 320 g/mol. The molecule has 1 aromatic heterocycles. The normalized spacial score (nSPS) is 18.2. The van der Waals surface area contributed by atoms with E-state index in [0.717, 1.165) is 19.3 Å². The number of nitrogens with one attached hydrogen (secondary N) is 1. The van der Waals surface area contributed by atoms with Gasteiger partial charge in [0.2, 0.25) is 0 Å². The molecule has 1 aromatic rings. The number of aromatic nitrogens is 1. The second-order valence-electron chi connectivity index (χ2n) is 7.43. The van der Waals surface area contributed by atoms with Crippen LogP contribution in [0.3, 0.4) is 0 Å². The highest BCUT2D eigenvalue weighted by Gasteiger charge is 2.27. The van der Waals surface area contributed by atoms with Crippen molar-refractivity contribution in [3.63, 3.8) is 0 Å². The molecule has 1 fully saturated rings. The number of aryl methyl sites for hydroxylation is 1. The van der Waals surface area contributed by atoms with Gasteiger partial charge in [-0.3, -0.25) is 4.79 Å². The number of likely N-dealkylation sites (tertiary alicyclic amines) is 1. The minimum Gasteiger partial charge on any atom is -0.444 e. The van der Waals surface area contributed by atoms with E-state index in [2.05, 4.69) is 5.32 Å². The van der Waals surface area contributed by atoms with Crippen molar-refractivity contribution in [1.82, 2.24) is 14.8 Å². The Morgan fingerprint density at radius 3 is 2.68 bits per heavy atom. The van der Waals surface area contributed by atoms with Crippen LogP contribution in [0.4, 0.5) is 4.79 Å². The van der Waals surface area contributed by atoms with Crippen LogP contribution in [0.1, 0.15) is 56.1 Å². The predicted molar refractivity (Wildman–Crippen MR) is 93.0 cm³/mol. The number of hydrogen-bond donors (Lipinski definition) is 1. The summed E-state index contributed by atoms with van der Waals surface area (Å²) in [5, 5.41) is 11.9. The maximum atomic E-state index is 12.5. The van der Waals surface area contributed by atoms with E-state index in [9.17, 15) is 9.59 Å². The van der Waals surface area contributed by atoms with Crippen LogP contribution in [0.15, 0.2) is 12.3 Å². The maximum absolute atomic E-state index is 12.5. The molecule has 1 N–H and O–H groups in total. The van der Waals surface area contributed by atoms with Crippen molar-refractivity contribution in [1.29, 1.82) is 5.26 Å². The van der Waals surface area contributed by atoms with E-state index < -0.39 is 5.60 Å². The van der Waals surface area contributed by atoms with Gasteiger partial charge in [-0.25, -0.2) is 4.79 Å². The van der Waals surface area contributed by atoms with Crippen LogP contribution >= 0.6 is 0 Å². The highest BCUT2D eigenvalue weighted by Crippen LogP contribution is 2.16. The summed E-state index contributed by atoms with van der Waals surface area (Å²) in [4.78, 5) is 26.5. The molecule has 2 amide bonds. The molecule has 25 heavy (non-hydrogen) atoms. The van der Waals surface area contributed by atoms with Crippen LogP contribution < -0.4 is 5.32 Å². The monoisotopic (exact) mass is 346 g/mol. The first kappa shape index (κ1) is 18.8. The zero-order valence-corrected chi connectivity index (χ0v) is 15.3. The summed E-state index contributed by atoms with van der Waals surface area (Å²) in [6, 6.07) is 3.46. The lowest BCUT2D eigenvalue weighted by atomic mass is 10.1. The molecule has 0 bridgehead atoms. The molecule has 2 rings (SSSR count). The first-order valence-corrected chi connectivity index (χ1v) is 8.55. The van der Waals surface area contributed by atoms with Crippen LogP contribution in [0.2, 0.25) is 0 Å². The van der Waals surface area contributed by atoms with Crippen LogP contribution in [0, 0.1) is 11.3 Å². The molecule has 1 saturated heterocycles. The van der Waals surface area contributed by atoms with E-state index in [0.29, 0.717) is 24.3 Å². The molecule has 7 nitrogen and oxygen atoms in total. The molecule has 0 radical (unpaired) electrons. The van der Waals surface area contributed by atoms with Crippen LogP contribution in [0.5, 0.6) is 0 Å². The summed E-state index contributed by atoms with van der Waals surface area (Å²) in [5.74, 6) is -0.236. The Balaban J connectivity index is 2.03. The van der Waals surface area contributed by atoms with Gasteiger partial charge in [0.25, 0.3) is 5.91 Å². The first-order valence-electron chi connectivity index (χ1n) is 8.55. The number of ether oxygens (including phenoxy) is 1. The number of carbonyl (C=O) groups excluding carboxylic acids is 2. The van der Waals surface area contributed by atoms with Crippen molar-refractivity contribution < 1.29 is 14.3 Å². The number of nitrogens with zero attached hydrogens (tertiary/aromatic N) is 3. The molecule has 2 heterocycles. The van der Waals surface area contributed by atoms with Crippen LogP contribution in [-0.2, 0) is 11.8 Å². The molecule has 136 valence electrons. The molecule has 0 spiro atoms. The van der Waals surface area contributed by atoms with Gasteiger partial charge in [0.05, 0.1) is 5.56 Å². The second kappa shape index (κ2) is 7.60. The van der Waals surface area contributed by atoms with Gasteiger partial charge in [-0.05, 0) is 46.1 Å². The molecule has 0 unspecified atom stereocenters. The third-order valence-corrected chi connectivity index (χ3v) is 4.02. The van der Waals surface area contributed by atoms with E-state index in [1.807, 2.05) is 26.8 Å². The molecule has 0 saturated carbocycles.